The van der Waals surface area contributed by atoms with Crippen LogP contribution in [0.4, 0.5) is 13.2 Å². The number of aryl methyl sites for hydroxylation is 1. The maximum absolute atomic E-state index is 12.6. The molecule has 0 atom stereocenters. The highest BCUT2D eigenvalue weighted by molar-refractivity contribution is 5.98. The lowest BCUT2D eigenvalue weighted by atomic mass is 10.1. The smallest absolute Gasteiger partial charge is 0.406 e. The van der Waals surface area contributed by atoms with Crippen molar-refractivity contribution in [3.8, 4) is 5.75 Å². The van der Waals surface area contributed by atoms with Crippen LogP contribution in [0.5, 0.6) is 5.75 Å². The van der Waals surface area contributed by atoms with E-state index in [0.29, 0.717) is 23.4 Å². The average Bonchev–Trinajstić information content (AvgIpc) is 2.86. The second kappa shape index (κ2) is 7.76. The topological polar surface area (TPSA) is 48.3 Å². The Balaban J connectivity index is 2.06. The molecule has 2 aromatic rings. The van der Waals surface area contributed by atoms with Crippen molar-refractivity contribution in [1.29, 1.82) is 0 Å². The highest BCUT2D eigenvalue weighted by Gasteiger charge is 2.30. The van der Waals surface area contributed by atoms with Gasteiger partial charge in [0.15, 0.2) is 12.4 Å². The van der Waals surface area contributed by atoms with Gasteiger partial charge in [0.1, 0.15) is 12.3 Å². The molecule has 0 unspecified atom stereocenters. The van der Waals surface area contributed by atoms with Crippen molar-refractivity contribution in [1.82, 2.24) is 4.57 Å². The Hall–Kier alpha value is -2.57. The molecular formula is C19H20F3NO3. The Morgan fingerprint density at radius 1 is 1.08 bits per heavy atom. The number of alkyl halides is 3. The second-order valence-corrected chi connectivity index (χ2v) is 6.00. The van der Waals surface area contributed by atoms with Crippen molar-refractivity contribution < 1.29 is 27.5 Å². The lowest BCUT2D eigenvalue weighted by molar-refractivity contribution is -0.141. The van der Waals surface area contributed by atoms with Crippen molar-refractivity contribution in [2.75, 3.05) is 6.61 Å². The zero-order chi connectivity index (χ0) is 19.5. The highest BCUT2D eigenvalue weighted by Crippen LogP contribution is 2.23. The fraction of sp³-hybridized carbons (Fsp3) is 0.368. The molecule has 26 heavy (non-hydrogen) atoms. The molecule has 0 N–H and O–H groups in total. The van der Waals surface area contributed by atoms with E-state index in [-0.39, 0.29) is 23.6 Å². The van der Waals surface area contributed by atoms with E-state index < -0.39 is 18.5 Å². The summed E-state index contributed by atoms with van der Waals surface area (Å²) in [4.78, 5) is 23.9. The molecule has 0 bridgehead atoms. The van der Waals surface area contributed by atoms with Gasteiger partial charge in [-0.1, -0.05) is 6.92 Å². The molecule has 1 aromatic carbocycles. The largest absolute Gasteiger partial charge is 0.485 e. The first-order chi connectivity index (χ1) is 12.1. The van der Waals surface area contributed by atoms with Crippen LogP contribution in [-0.4, -0.2) is 28.9 Å². The number of carbonyl (C=O) groups excluding carboxylic acids is 2. The summed E-state index contributed by atoms with van der Waals surface area (Å²) in [6.45, 7) is 3.35. The predicted molar refractivity (Wildman–Crippen MR) is 90.9 cm³/mol. The minimum absolute atomic E-state index is 0.00438. The summed E-state index contributed by atoms with van der Waals surface area (Å²) in [5.41, 5.74) is 1.40. The first-order valence-electron chi connectivity index (χ1n) is 8.15. The second-order valence-electron chi connectivity index (χ2n) is 6.00. The van der Waals surface area contributed by atoms with Gasteiger partial charge in [-0.15, -0.1) is 0 Å². The third kappa shape index (κ3) is 4.74. The monoisotopic (exact) mass is 367 g/mol. The van der Waals surface area contributed by atoms with Crippen LogP contribution >= 0.6 is 0 Å². The van der Waals surface area contributed by atoms with Crippen molar-refractivity contribution in [3.05, 3.63) is 52.8 Å². The van der Waals surface area contributed by atoms with Gasteiger partial charge in [0.25, 0.3) is 0 Å². The number of benzene rings is 1. The van der Waals surface area contributed by atoms with Gasteiger partial charge in [-0.2, -0.15) is 13.2 Å². The summed E-state index contributed by atoms with van der Waals surface area (Å²) in [6.07, 6.45) is -3.96. The van der Waals surface area contributed by atoms with Crippen LogP contribution in [0, 0.1) is 13.8 Å². The summed E-state index contributed by atoms with van der Waals surface area (Å²) >= 11 is 0. The van der Waals surface area contributed by atoms with E-state index in [4.69, 9.17) is 4.74 Å². The maximum Gasteiger partial charge on any atom is 0.406 e. The fourth-order valence-electron chi connectivity index (χ4n) is 2.67. The zero-order valence-electron chi connectivity index (χ0n) is 14.8. The molecule has 1 aromatic heterocycles. The normalized spacial score (nSPS) is 11.5. The Morgan fingerprint density at radius 2 is 1.69 bits per heavy atom. The van der Waals surface area contributed by atoms with Crippen LogP contribution in [0.3, 0.4) is 0 Å². The van der Waals surface area contributed by atoms with Crippen LogP contribution in [-0.2, 0) is 6.54 Å². The van der Waals surface area contributed by atoms with Crippen molar-refractivity contribution in [2.24, 2.45) is 0 Å². The molecule has 0 amide bonds. The molecule has 7 heteroatoms. The molecule has 140 valence electrons. The summed E-state index contributed by atoms with van der Waals surface area (Å²) in [5, 5.41) is 0. The molecule has 0 aliphatic heterocycles. The average molecular weight is 367 g/mol. The predicted octanol–water partition coefficient (Wildman–Crippen LogP) is 4.52. The summed E-state index contributed by atoms with van der Waals surface area (Å²) in [5.74, 6) is 0.0140. The van der Waals surface area contributed by atoms with Crippen molar-refractivity contribution in [3.63, 3.8) is 0 Å². The number of hydrogen-bond acceptors (Lipinski definition) is 3. The molecule has 0 fully saturated rings. The van der Waals surface area contributed by atoms with Gasteiger partial charge in [-0.25, -0.2) is 0 Å². The Morgan fingerprint density at radius 3 is 2.23 bits per heavy atom. The number of carbonyl (C=O) groups is 2. The lowest BCUT2D eigenvalue weighted by Gasteiger charge is -2.12. The first-order valence-corrected chi connectivity index (χ1v) is 8.15. The molecule has 0 radical (unpaired) electrons. The van der Waals surface area contributed by atoms with E-state index in [2.05, 4.69) is 0 Å². The summed E-state index contributed by atoms with van der Waals surface area (Å²) < 4.78 is 44.4. The quantitative estimate of drug-likeness (QED) is 0.676. The van der Waals surface area contributed by atoms with Crippen LogP contribution in [0.25, 0.3) is 0 Å². The van der Waals surface area contributed by atoms with Gasteiger partial charge in [0.05, 0.1) is 0 Å². The standard InChI is InChI=1S/C19H20F3NO3/c1-4-17(24)14-5-7-15(8-6-14)26-10-18(25)16-9-12(2)23(13(16)3)11-19(20,21)22/h5-9H,4,10-11H2,1-3H3. The van der Waals surface area contributed by atoms with Crippen LogP contribution in [0.2, 0.25) is 0 Å². The Kier molecular flexibility index (Phi) is 5.90. The van der Waals surface area contributed by atoms with E-state index in [0.717, 1.165) is 4.57 Å². The summed E-state index contributed by atoms with van der Waals surface area (Å²) in [7, 11) is 0. The number of ketones is 2. The van der Waals surface area contributed by atoms with Gasteiger partial charge >= 0.3 is 6.18 Å². The lowest BCUT2D eigenvalue weighted by Crippen LogP contribution is -2.20. The number of hydrogen-bond donors (Lipinski definition) is 0. The minimum Gasteiger partial charge on any atom is -0.485 e. The third-order valence-corrected chi connectivity index (χ3v) is 4.08. The molecule has 2 rings (SSSR count). The number of ether oxygens (including phenoxy) is 1. The maximum atomic E-state index is 12.6. The van der Waals surface area contributed by atoms with Gasteiger partial charge in [-0.05, 0) is 44.2 Å². The van der Waals surface area contributed by atoms with Gasteiger partial charge in [0, 0.05) is 28.9 Å². The Bertz CT molecular complexity index is 805. The van der Waals surface area contributed by atoms with Crippen LogP contribution < -0.4 is 4.74 Å². The SMILES string of the molecule is CCC(=O)c1ccc(OCC(=O)c2cc(C)n(CC(F)(F)F)c2C)cc1. The molecule has 0 saturated heterocycles. The molecular weight excluding hydrogens is 347 g/mol. The minimum atomic E-state index is -4.36. The molecule has 4 nitrogen and oxygen atoms in total. The number of rotatable bonds is 7. The van der Waals surface area contributed by atoms with E-state index >= 15 is 0 Å². The third-order valence-electron chi connectivity index (χ3n) is 4.08. The number of nitrogens with zero attached hydrogens (tertiary/aromatic N) is 1. The number of aromatic nitrogens is 1. The van der Waals surface area contributed by atoms with Gasteiger partial charge < -0.3 is 9.30 Å². The van der Waals surface area contributed by atoms with Crippen LogP contribution in [0.15, 0.2) is 30.3 Å². The van der Waals surface area contributed by atoms with Gasteiger partial charge in [0.2, 0.25) is 5.78 Å². The van der Waals surface area contributed by atoms with Crippen LogP contribution in [0.1, 0.15) is 45.4 Å². The van der Waals surface area contributed by atoms with Crippen molar-refractivity contribution >= 4 is 11.6 Å². The van der Waals surface area contributed by atoms with E-state index in [9.17, 15) is 22.8 Å². The van der Waals surface area contributed by atoms with E-state index in [1.165, 1.54) is 19.9 Å². The molecule has 0 saturated carbocycles. The zero-order valence-corrected chi connectivity index (χ0v) is 14.8. The highest BCUT2D eigenvalue weighted by atomic mass is 19.4. The van der Waals surface area contributed by atoms with Crippen molar-refractivity contribution in [2.45, 2.75) is 39.9 Å². The van der Waals surface area contributed by atoms with E-state index in [1.54, 1.807) is 31.2 Å². The van der Waals surface area contributed by atoms with Gasteiger partial charge in [-0.3, -0.25) is 9.59 Å². The summed E-state index contributed by atoms with van der Waals surface area (Å²) in [6, 6.07) is 7.84. The molecule has 0 aliphatic carbocycles. The molecule has 1 heterocycles. The number of halogens is 3. The molecule has 0 spiro atoms. The number of Topliss-reactive ketones (excluding diaryl/α,β-unsaturated/α-hetero) is 2. The Labute approximate surface area is 149 Å². The van der Waals surface area contributed by atoms with E-state index in [1.807, 2.05) is 0 Å². The first kappa shape index (κ1) is 19.8. The molecule has 0 aliphatic rings. The fourth-order valence-corrected chi connectivity index (χ4v) is 2.67.